The highest BCUT2D eigenvalue weighted by Crippen LogP contribution is 2.28. The van der Waals surface area contributed by atoms with Crippen molar-refractivity contribution in [2.24, 2.45) is 0 Å². The quantitative estimate of drug-likeness (QED) is 0.546. The first-order valence-electron chi connectivity index (χ1n) is 9.26. The van der Waals surface area contributed by atoms with Gasteiger partial charge in [-0.25, -0.2) is 4.79 Å². The molecule has 7 heteroatoms. The largest absolute Gasteiger partial charge is 0.491 e. The molecule has 28 heavy (non-hydrogen) atoms. The summed E-state index contributed by atoms with van der Waals surface area (Å²) in [5.41, 5.74) is 1.33. The molecule has 0 aliphatic rings. The summed E-state index contributed by atoms with van der Waals surface area (Å²) in [6, 6.07) is 16.0. The van der Waals surface area contributed by atoms with Crippen LogP contribution in [0.1, 0.15) is 25.0 Å². The van der Waals surface area contributed by atoms with Gasteiger partial charge in [0.2, 0.25) is 0 Å². The number of aliphatic hydroxyl groups excluding tert-OH is 2. The van der Waals surface area contributed by atoms with E-state index in [0.717, 1.165) is 0 Å². The number of carbonyl (C=O) groups is 1. The zero-order chi connectivity index (χ0) is 20.2. The van der Waals surface area contributed by atoms with Crippen molar-refractivity contribution in [2.45, 2.75) is 25.6 Å². The van der Waals surface area contributed by atoms with E-state index < -0.39 is 18.3 Å². The van der Waals surface area contributed by atoms with Crippen LogP contribution in [-0.2, 0) is 9.47 Å². The highest BCUT2D eigenvalue weighted by Gasteiger charge is 2.27. The number of ether oxygens (including phenoxy) is 3. The number of amides is 1. The Morgan fingerprint density at radius 3 is 2.36 bits per heavy atom. The minimum absolute atomic E-state index is 0.0734. The van der Waals surface area contributed by atoms with Gasteiger partial charge in [-0.1, -0.05) is 30.3 Å². The lowest BCUT2D eigenvalue weighted by molar-refractivity contribution is -0.0484. The third-order valence-electron chi connectivity index (χ3n) is 3.95. The molecule has 2 aromatic rings. The van der Waals surface area contributed by atoms with Crippen LogP contribution in [0.2, 0.25) is 0 Å². The van der Waals surface area contributed by atoms with Crippen molar-refractivity contribution in [2.75, 3.05) is 31.7 Å². The molecule has 2 atom stereocenters. The Hall–Kier alpha value is -2.61. The molecule has 0 unspecified atom stereocenters. The van der Waals surface area contributed by atoms with Crippen molar-refractivity contribution in [1.29, 1.82) is 0 Å². The third kappa shape index (κ3) is 6.84. The number of benzene rings is 2. The Labute approximate surface area is 164 Å². The molecule has 0 fully saturated rings. The average molecular weight is 389 g/mol. The van der Waals surface area contributed by atoms with Gasteiger partial charge in [-0.15, -0.1) is 0 Å². The highest BCUT2D eigenvalue weighted by atomic mass is 16.6. The van der Waals surface area contributed by atoms with Crippen LogP contribution >= 0.6 is 0 Å². The van der Waals surface area contributed by atoms with Crippen molar-refractivity contribution in [3.05, 3.63) is 60.2 Å². The number of rotatable bonds is 11. The summed E-state index contributed by atoms with van der Waals surface area (Å²) >= 11 is 0. The number of nitrogens with one attached hydrogen (secondary N) is 1. The molecule has 0 spiro atoms. The van der Waals surface area contributed by atoms with Crippen molar-refractivity contribution < 1.29 is 29.2 Å². The zero-order valence-corrected chi connectivity index (χ0v) is 15.9. The highest BCUT2D eigenvalue weighted by molar-refractivity contribution is 5.84. The lowest BCUT2D eigenvalue weighted by Crippen LogP contribution is -2.29. The minimum Gasteiger partial charge on any atom is -0.491 e. The summed E-state index contributed by atoms with van der Waals surface area (Å²) in [6.07, 6.45) is -1.50. The van der Waals surface area contributed by atoms with E-state index in [1.165, 1.54) is 0 Å². The summed E-state index contributed by atoms with van der Waals surface area (Å²) in [7, 11) is 0. The summed E-state index contributed by atoms with van der Waals surface area (Å²) in [5.74, 6) is 0.598. The van der Waals surface area contributed by atoms with Gasteiger partial charge in [0.05, 0.1) is 6.61 Å². The van der Waals surface area contributed by atoms with Gasteiger partial charge < -0.3 is 24.4 Å². The van der Waals surface area contributed by atoms with Gasteiger partial charge in [0.1, 0.15) is 18.5 Å². The molecule has 0 saturated carbocycles. The normalized spacial score (nSPS) is 12.8. The van der Waals surface area contributed by atoms with Crippen molar-refractivity contribution in [3.8, 4) is 5.75 Å². The molecule has 152 valence electrons. The molecule has 7 nitrogen and oxygen atoms in total. The summed E-state index contributed by atoms with van der Waals surface area (Å²) in [6.45, 7) is 2.29. The minimum atomic E-state index is -0.706. The maximum atomic E-state index is 12.4. The van der Waals surface area contributed by atoms with E-state index >= 15 is 0 Å². The fraction of sp³-hybridized carbons (Fsp3) is 0.381. The third-order valence-corrected chi connectivity index (χ3v) is 3.95. The van der Waals surface area contributed by atoms with Crippen LogP contribution in [0.4, 0.5) is 10.5 Å². The molecular formula is C21H27NO6. The van der Waals surface area contributed by atoms with Crippen LogP contribution < -0.4 is 10.1 Å². The standard InChI is InChI=1S/C21H27NO6/c1-2-26-19(12-13-23)20(16-8-10-18(11-9-16)27-15-14-24)28-21(25)22-17-6-4-3-5-7-17/h3-11,19-20,23-24H,2,12-15H2,1H3,(H,22,25)/t19-,20-/m1/s1. The topological polar surface area (TPSA) is 97.2 Å². The van der Waals surface area contributed by atoms with E-state index in [4.69, 9.17) is 19.3 Å². The summed E-state index contributed by atoms with van der Waals surface area (Å²) in [4.78, 5) is 12.4. The molecule has 0 bridgehead atoms. The molecule has 3 N–H and O–H groups in total. The number of anilines is 1. The van der Waals surface area contributed by atoms with E-state index in [0.29, 0.717) is 30.0 Å². The number of hydrogen-bond donors (Lipinski definition) is 3. The second-order valence-electron chi connectivity index (χ2n) is 5.96. The van der Waals surface area contributed by atoms with E-state index in [-0.39, 0.29) is 19.8 Å². The number of aliphatic hydroxyl groups is 2. The summed E-state index contributed by atoms with van der Waals surface area (Å²) in [5, 5.41) is 20.9. The van der Waals surface area contributed by atoms with Crippen LogP contribution in [0.25, 0.3) is 0 Å². The Balaban J connectivity index is 2.16. The summed E-state index contributed by atoms with van der Waals surface area (Å²) < 4.78 is 16.7. The SMILES string of the molecule is CCO[C@H](CCO)[C@H](OC(=O)Nc1ccccc1)c1ccc(OCCO)cc1. The van der Waals surface area contributed by atoms with E-state index in [9.17, 15) is 9.90 Å². The molecule has 0 aliphatic carbocycles. The Bertz CT molecular complexity index is 686. The zero-order valence-electron chi connectivity index (χ0n) is 15.9. The van der Waals surface area contributed by atoms with Crippen LogP contribution in [-0.4, -0.2) is 48.8 Å². The van der Waals surface area contributed by atoms with Gasteiger partial charge in [-0.3, -0.25) is 5.32 Å². The molecule has 0 aliphatic heterocycles. The maximum absolute atomic E-state index is 12.4. The van der Waals surface area contributed by atoms with Crippen molar-refractivity contribution >= 4 is 11.8 Å². The Morgan fingerprint density at radius 1 is 1.04 bits per heavy atom. The van der Waals surface area contributed by atoms with Crippen molar-refractivity contribution in [3.63, 3.8) is 0 Å². The predicted octanol–water partition coefficient (Wildman–Crippen LogP) is 3.14. The van der Waals surface area contributed by atoms with Gasteiger partial charge in [0, 0.05) is 25.3 Å². The molecule has 0 radical (unpaired) electrons. The number of para-hydroxylation sites is 1. The van der Waals surface area contributed by atoms with Crippen LogP contribution in [0.3, 0.4) is 0 Å². The second-order valence-corrected chi connectivity index (χ2v) is 5.96. The number of carbonyl (C=O) groups excluding carboxylic acids is 1. The molecule has 0 heterocycles. The first kappa shape index (κ1) is 21.7. The first-order chi connectivity index (χ1) is 13.7. The Kier molecular flexibility index (Phi) is 9.27. The fourth-order valence-electron chi connectivity index (χ4n) is 2.72. The Morgan fingerprint density at radius 2 is 1.75 bits per heavy atom. The van der Waals surface area contributed by atoms with Crippen LogP contribution in [0.15, 0.2) is 54.6 Å². The smallest absolute Gasteiger partial charge is 0.412 e. The van der Waals surface area contributed by atoms with E-state index in [2.05, 4.69) is 5.32 Å². The van der Waals surface area contributed by atoms with E-state index in [1.807, 2.05) is 25.1 Å². The fourth-order valence-corrected chi connectivity index (χ4v) is 2.72. The molecular weight excluding hydrogens is 362 g/mol. The first-order valence-corrected chi connectivity index (χ1v) is 9.26. The van der Waals surface area contributed by atoms with Gasteiger partial charge in [0.25, 0.3) is 0 Å². The van der Waals surface area contributed by atoms with Crippen LogP contribution in [0.5, 0.6) is 5.75 Å². The molecule has 2 aromatic carbocycles. The van der Waals surface area contributed by atoms with Gasteiger partial charge in [-0.05, 0) is 36.8 Å². The van der Waals surface area contributed by atoms with Gasteiger partial charge in [0.15, 0.2) is 6.10 Å². The molecule has 2 rings (SSSR count). The van der Waals surface area contributed by atoms with Crippen molar-refractivity contribution in [1.82, 2.24) is 0 Å². The van der Waals surface area contributed by atoms with Crippen LogP contribution in [0, 0.1) is 0 Å². The second kappa shape index (κ2) is 12.0. The molecule has 0 aromatic heterocycles. The molecule has 1 amide bonds. The van der Waals surface area contributed by atoms with E-state index in [1.54, 1.807) is 36.4 Å². The predicted molar refractivity (Wildman–Crippen MR) is 105 cm³/mol. The maximum Gasteiger partial charge on any atom is 0.412 e. The van der Waals surface area contributed by atoms with Gasteiger partial charge >= 0.3 is 6.09 Å². The monoisotopic (exact) mass is 389 g/mol. The average Bonchev–Trinajstić information content (AvgIpc) is 2.71. The lowest BCUT2D eigenvalue weighted by atomic mass is 10.0. The lowest BCUT2D eigenvalue weighted by Gasteiger charge is -2.27. The van der Waals surface area contributed by atoms with Gasteiger partial charge in [-0.2, -0.15) is 0 Å². The number of hydrogen-bond acceptors (Lipinski definition) is 6. The molecule has 0 saturated heterocycles.